The highest BCUT2D eigenvalue weighted by atomic mass is 32.1. The first kappa shape index (κ1) is 14.3. The molecule has 2 N–H and O–H groups in total. The first-order valence-electron chi connectivity index (χ1n) is 7.37. The molecule has 2 heterocycles. The van der Waals surface area contributed by atoms with E-state index in [0.29, 0.717) is 16.0 Å². The normalized spacial score (nSPS) is 16.6. The molecule has 3 rings (SSSR count). The number of likely N-dealkylation sites (tertiary alicyclic amines) is 1. The highest BCUT2D eigenvalue weighted by Gasteiger charge is 2.26. The van der Waals surface area contributed by atoms with E-state index in [9.17, 15) is 9.18 Å². The van der Waals surface area contributed by atoms with Crippen molar-refractivity contribution < 1.29 is 9.18 Å². The minimum atomic E-state index is -0.324. The molecule has 2 aromatic rings. The SMILES string of the molecule is CCC1CCN(C(=O)c2sc3ccc(F)cc3c2N)CC1. The van der Waals surface area contributed by atoms with Crippen LogP contribution in [0.3, 0.4) is 0 Å². The lowest BCUT2D eigenvalue weighted by Gasteiger charge is -2.31. The van der Waals surface area contributed by atoms with Crippen LogP contribution in [-0.2, 0) is 0 Å². The third-order valence-electron chi connectivity index (χ3n) is 4.36. The molecule has 0 bridgehead atoms. The molecule has 1 aliphatic rings. The molecule has 112 valence electrons. The van der Waals surface area contributed by atoms with E-state index in [-0.39, 0.29) is 11.7 Å². The van der Waals surface area contributed by atoms with Gasteiger partial charge in [0.15, 0.2) is 0 Å². The van der Waals surface area contributed by atoms with Gasteiger partial charge >= 0.3 is 0 Å². The van der Waals surface area contributed by atoms with E-state index in [0.717, 1.165) is 36.5 Å². The molecule has 0 radical (unpaired) electrons. The van der Waals surface area contributed by atoms with Crippen LogP contribution in [0.1, 0.15) is 35.9 Å². The zero-order valence-corrected chi connectivity index (χ0v) is 12.9. The van der Waals surface area contributed by atoms with Gasteiger partial charge in [-0.05, 0) is 37.0 Å². The molecule has 0 spiro atoms. The molecule has 0 unspecified atom stereocenters. The minimum absolute atomic E-state index is 0.0105. The number of benzene rings is 1. The van der Waals surface area contributed by atoms with E-state index in [4.69, 9.17) is 5.73 Å². The lowest BCUT2D eigenvalue weighted by atomic mass is 9.94. The summed E-state index contributed by atoms with van der Waals surface area (Å²) >= 11 is 1.36. The van der Waals surface area contributed by atoms with E-state index in [1.807, 2.05) is 4.90 Å². The maximum atomic E-state index is 13.3. The van der Waals surface area contributed by atoms with E-state index < -0.39 is 0 Å². The fourth-order valence-corrected chi connectivity index (χ4v) is 4.01. The molecule has 1 aromatic heterocycles. The number of carbonyl (C=O) groups is 1. The highest BCUT2D eigenvalue weighted by Crippen LogP contribution is 2.35. The smallest absolute Gasteiger partial charge is 0.266 e. The van der Waals surface area contributed by atoms with Crippen molar-refractivity contribution in [2.45, 2.75) is 26.2 Å². The fraction of sp³-hybridized carbons (Fsp3) is 0.438. The van der Waals surface area contributed by atoms with Gasteiger partial charge in [-0.15, -0.1) is 11.3 Å². The Morgan fingerprint density at radius 1 is 1.43 bits per heavy atom. The summed E-state index contributed by atoms with van der Waals surface area (Å²) in [7, 11) is 0. The second kappa shape index (κ2) is 5.64. The lowest BCUT2D eigenvalue weighted by Crippen LogP contribution is -2.38. The summed E-state index contributed by atoms with van der Waals surface area (Å²) in [6.45, 7) is 3.78. The molecule has 1 amide bonds. The van der Waals surface area contributed by atoms with E-state index in [1.165, 1.54) is 29.9 Å². The molecule has 0 aliphatic carbocycles. The number of thiophene rings is 1. The van der Waals surface area contributed by atoms with Crippen LogP contribution in [0.5, 0.6) is 0 Å². The second-order valence-electron chi connectivity index (χ2n) is 5.63. The largest absolute Gasteiger partial charge is 0.397 e. The van der Waals surface area contributed by atoms with E-state index in [2.05, 4.69) is 6.92 Å². The number of nitrogens with two attached hydrogens (primary N) is 1. The Morgan fingerprint density at radius 3 is 2.81 bits per heavy atom. The topological polar surface area (TPSA) is 46.3 Å². The summed E-state index contributed by atoms with van der Waals surface area (Å²) in [5.74, 6) is 0.390. The lowest BCUT2D eigenvalue weighted by molar-refractivity contribution is 0.0695. The van der Waals surface area contributed by atoms with Crippen molar-refractivity contribution in [1.82, 2.24) is 4.90 Å². The van der Waals surface area contributed by atoms with E-state index in [1.54, 1.807) is 6.07 Å². The average Bonchev–Trinajstić information content (AvgIpc) is 2.83. The number of piperidine rings is 1. The number of rotatable bonds is 2. The average molecular weight is 306 g/mol. The van der Waals surface area contributed by atoms with Crippen LogP contribution in [0, 0.1) is 11.7 Å². The minimum Gasteiger partial charge on any atom is -0.397 e. The van der Waals surface area contributed by atoms with Crippen LogP contribution >= 0.6 is 11.3 Å². The quantitative estimate of drug-likeness (QED) is 0.915. The number of hydrogen-bond donors (Lipinski definition) is 1. The van der Waals surface area contributed by atoms with Crippen molar-refractivity contribution in [3.63, 3.8) is 0 Å². The van der Waals surface area contributed by atoms with Crippen LogP contribution in [0.15, 0.2) is 18.2 Å². The summed E-state index contributed by atoms with van der Waals surface area (Å²) in [6, 6.07) is 4.49. The predicted octanol–water partition coefficient (Wildman–Crippen LogP) is 3.88. The molecule has 0 atom stereocenters. The Hall–Kier alpha value is -1.62. The van der Waals surface area contributed by atoms with Crippen LogP contribution in [0.25, 0.3) is 10.1 Å². The molecule has 21 heavy (non-hydrogen) atoms. The first-order chi connectivity index (χ1) is 10.1. The van der Waals surface area contributed by atoms with Gasteiger partial charge in [-0.2, -0.15) is 0 Å². The predicted molar refractivity (Wildman–Crippen MR) is 85.1 cm³/mol. The van der Waals surface area contributed by atoms with Crippen LogP contribution in [0.4, 0.5) is 10.1 Å². The summed E-state index contributed by atoms with van der Waals surface area (Å²) in [5, 5.41) is 0.645. The molecule has 3 nitrogen and oxygen atoms in total. The van der Waals surface area contributed by atoms with Gasteiger partial charge in [0.25, 0.3) is 5.91 Å². The molecule has 1 aliphatic heterocycles. The van der Waals surface area contributed by atoms with Crippen molar-refractivity contribution in [3.05, 3.63) is 28.9 Å². The molecule has 0 saturated carbocycles. The van der Waals surface area contributed by atoms with Crippen molar-refractivity contribution in [2.75, 3.05) is 18.8 Å². The van der Waals surface area contributed by atoms with Gasteiger partial charge in [-0.1, -0.05) is 13.3 Å². The zero-order chi connectivity index (χ0) is 15.0. The number of carbonyl (C=O) groups excluding carboxylic acids is 1. The number of halogens is 1. The fourth-order valence-electron chi connectivity index (χ4n) is 2.94. The number of fused-ring (bicyclic) bond motifs is 1. The van der Waals surface area contributed by atoms with Gasteiger partial charge in [0.05, 0.1) is 5.69 Å². The molecule has 5 heteroatoms. The summed E-state index contributed by atoms with van der Waals surface area (Å²) in [6.07, 6.45) is 3.29. The van der Waals surface area contributed by atoms with Gasteiger partial charge in [0, 0.05) is 23.2 Å². The Balaban J connectivity index is 1.87. The third-order valence-corrected chi connectivity index (χ3v) is 5.54. The van der Waals surface area contributed by atoms with Gasteiger partial charge < -0.3 is 10.6 Å². The number of nitrogens with zero attached hydrogens (tertiary/aromatic N) is 1. The standard InChI is InChI=1S/C16H19FN2OS/c1-2-10-5-7-19(8-6-10)16(20)15-14(18)12-9-11(17)3-4-13(12)21-15/h3-4,9-10H,2,5-8,18H2,1H3. The Labute approximate surface area is 127 Å². The Morgan fingerprint density at radius 2 is 2.14 bits per heavy atom. The number of nitrogen functional groups attached to an aromatic ring is 1. The van der Waals surface area contributed by atoms with Gasteiger partial charge in [0.2, 0.25) is 0 Å². The maximum Gasteiger partial charge on any atom is 0.266 e. The highest BCUT2D eigenvalue weighted by molar-refractivity contribution is 7.21. The number of anilines is 1. The monoisotopic (exact) mass is 306 g/mol. The van der Waals surface area contributed by atoms with Crippen LogP contribution < -0.4 is 5.73 Å². The Kier molecular flexibility index (Phi) is 3.85. The van der Waals surface area contributed by atoms with E-state index >= 15 is 0 Å². The molecular weight excluding hydrogens is 287 g/mol. The second-order valence-corrected chi connectivity index (χ2v) is 6.68. The third kappa shape index (κ3) is 2.62. The summed E-state index contributed by atoms with van der Waals surface area (Å²) in [5.41, 5.74) is 6.48. The number of hydrogen-bond acceptors (Lipinski definition) is 3. The summed E-state index contributed by atoms with van der Waals surface area (Å²) < 4.78 is 14.2. The van der Waals surface area contributed by atoms with Gasteiger partial charge in [-0.25, -0.2) is 4.39 Å². The van der Waals surface area contributed by atoms with Gasteiger partial charge in [-0.3, -0.25) is 4.79 Å². The molecule has 1 aromatic carbocycles. The first-order valence-corrected chi connectivity index (χ1v) is 8.18. The van der Waals surface area contributed by atoms with Gasteiger partial charge in [0.1, 0.15) is 10.7 Å². The van der Waals surface area contributed by atoms with Crippen LogP contribution in [0.2, 0.25) is 0 Å². The molecular formula is C16H19FN2OS. The summed E-state index contributed by atoms with van der Waals surface area (Å²) in [4.78, 5) is 15.1. The number of amides is 1. The Bertz CT molecular complexity index is 674. The van der Waals surface area contributed by atoms with Crippen molar-refractivity contribution in [2.24, 2.45) is 5.92 Å². The maximum absolute atomic E-state index is 13.3. The molecule has 1 saturated heterocycles. The van der Waals surface area contributed by atoms with Crippen LogP contribution in [-0.4, -0.2) is 23.9 Å². The van der Waals surface area contributed by atoms with Crippen molar-refractivity contribution >= 4 is 33.0 Å². The van der Waals surface area contributed by atoms with Crippen molar-refractivity contribution in [1.29, 1.82) is 0 Å². The zero-order valence-electron chi connectivity index (χ0n) is 12.1. The van der Waals surface area contributed by atoms with Crippen molar-refractivity contribution in [3.8, 4) is 0 Å². The molecule has 1 fully saturated rings.